The van der Waals surface area contributed by atoms with E-state index in [-0.39, 0.29) is 9.26 Å². The number of carboxylic acid groups (broad SMARTS) is 1. The highest BCUT2D eigenvalue weighted by Gasteiger charge is 2.18. The van der Waals surface area contributed by atoms with Crippen LogP contribution in [0, 0.1) is 9.39 Å². The van der Waals surface area contributed by atoms with E-state index in [1.54, 1.807) is 22.6 Å². The van der Waals surface area contributed by atoms with Gasteiger partial charge in [0.15, 0.2) is 6.10 Å². The Morgan fingerprint density at radius 2 is 2.31 bits per heavy atom. The molecule has 13 heavy (non-hydrogen) atoms. The number of aromatic nitrogens is 1. The van der Waals surface area contributed by atoms with E-state index in [9.17, 15) is 9.18 Å². The molecule has 1 aromatic heterocycles. The van der Waals surface area contributed by atoms with Gasteiger partial charge in [-0.15, -0.1) is 0 Å². The smallest absolute Gasteiger partial charge is 0.338 e. The maximum absolute atomic E-state index is 12.9. The number of aliphatic hydroxyl groups is 1. The number of hydrogen-bond donors (Lipinski definition) is 2. The van der Waals surface area contributed by atoms with Crippen LogP contribution in [0.4, 0.5) is 4.39 Å². The van der Waals surface area contributed by atoms with E-state index in [1.165, 1.54) is 0 Å². The quantitative estimate of drug-likeness (QED) is 0.797. The molecule has 0 radical (unpaired) electrons. The molecular weight excluding hydrogens is 292 g/mol. The monoisotopic (exact) mass is 297 g/mol. The molecule has 1 unspecified atom stereocenters. The van der Waals surface area contributed by atoms with Crippen LogP contribution in [0.15, 0.2) is 12.3 Å². The van der Waals surface area contributed by atoms with Crippen LogP contribution >= 0.6 is 22.6 Å². The van der Waals surface area contributed by atoms with Gasteiger partial charge in [-0.05, 0) is 28.7 Å². The van der Waals surface area contributed by atoms with E-state index >= 15 is 0 Å². The zero-order chi connectivity index (χ0) is 10.0. The Kier molecular flexibility index (Phi) is 3.15. The van der Waals surface area contributed by atoms with Gasteiger partial charge in [-0.1, -0.05) is 0 Å². The number of carbonyl (C=O) groups is 1. The van der Waals surface area contributed by atoms with Crippen molar-refractivity contribution in [3.05, 3.63) is 27.3 Å². The van der Waals surface area contributed by atoms with Crippen molar-refractivity contribution >= 4 is 28.6 Å². The minimum atomic E-state index is -1.77. The van der Waals surface area contributed by atoms with Crippen molar-refractivity contribution in [1.82, 2.24) is 4.98 Å². The molecule has 0 aliphatic rings. The minimum Gasteiger partial charge on any atom is -0.479 e. The van der Waals surface area contributed by atoms with Crippen LogP contribution in [-0.4, -0.2) is 21.2 Å². The van der Waals surface area contributed by atoms with Crippen LogP contribution in [-0.2, 0) is 4.79 Å². The highest BCUT2D eigenvalue weighted by molar-refractivity contribution is 14.1. The lowest BCUT2D eigenvalue weighted by atomic mass is 10.2. The molecule has 4 nitrogen and oxygen atoms in total. The Bertz CT molecular complexity index is 345. The van der Waals surface area contributed by atoms with Gasteiger partial charge in [-0.25, -0.2) is 9.18 Å². The fraction of sp³-hybridized carbons (Fsp3) is 0.143. The number of rotatable bonds is 2. The molecule has 0 saturated heterocycles. The zero-order valence-corrected chi connectivity index (χ0v) is 8.40. The highest BCUT2D eigenvalue weighted by atomic mass is 127. The normalized spacial score (nSPS) is 12.5. The summed E-state index contributed by atoms with van der Waals surface area (Å²) in [4.78, 5) is 13.9. The van der Waals surface area contributed by atoms with Crippen LogP contribution in [0.3, 0.4) is 0 Å². The molecule has 0 aliphatic carbocycles. The molecule has 0 amide bonds. The first kappa shape index (κ1) is 10.3. The number of aliphatic carboxylic acids is 1. The minimum absolute atomic E-state index is 0.203. The third-order valence-corrected chi connectivity index (χ3v) is 2.14. The van der Waals surface area contributed by atoms with Gasteiger partial charge in [-0.3, -0.25) is 4.98 Å². The van der Waals surface area contributed by atoms with E-state index < -0.39 is 17.9 Å². The second-order valence-corrected chi connectivity index (χ2v) is 3.43. The first-order chi connectivity index (χ1) is 6.02. The standard InChI is InChI=1S/C7H5FINO3/c8-3-1-5(6(11)7(12)13)10-2-4(3)9/h1-2,6,11H,(H,12,13). The number of nitrogens with zero attached hydrogens (tertiary/aromatic N) is 1. The summed E-state index contributed by atoms with van der Waals surface area (Å²) in [5.41, 5.74) is -0.203. The average Bonchev–Trinajstić information content (AvgIpc) is 2.08. The summed E-state index contributed by atoms with van der Waals surface area (Å²) >= 11 is 1.72. The first-order valence-corrected chi connectivity index (χ1v) is 4.32. The fourth-order valence-electron chi connectivity index (χ4n) is 0.705. The second kappa shape index (κ2) is 3.97. The lowest BCUT2D eigenvalue weighted by Crippen LogP contribution is -2.12. The summed E-state index contributed by atoms with van der Waals surface area (Å²) in [5.74, 6) is -2.04. The van der Waals surface area contributed by atoms with Gasteiger partial charge in [0.05, 0.1) is 9.26 Å². The maximum Gasteiger partial charge on any atom is 0.338 e. The van der Waals surface area contributed by atoms with Gasteiger partial charge in [0.1, 0.15) is 5.82 Å². The predicted octanol–water partition coefficient (Wildman–Crippen LogP) is 0.943. The number of hydrogen-bond acceptors (Lipinski definition) is 3. The number of aliphatic hydroxyl groups excluding tert-OH is 1. The van der Waals surface area contributed by atoms with Gasteiger partial charge in [0, 0.05) is 6.20 Å². The molecule has 1 rings (SSSR count). The maximum atomic E-state index is 12.9. The fourth-order valence-corrected chi connectivity index (χ4v) is 1.000. The Balaban J connectivity index is 3.03. The van der Waals surface area contributed by atoms with E-state index in [0.717, 1.165) is 12.3 Å². The summed E-state index contributed by atoms with van der Waals surface area (Å²) in [6, 6.07) is 0.903. The molecule has 0 aromatic carbocycles. The first-order valence-electron chi connectivity index (χ1n) is 3.24. The lowest BCUT2D eigenvalue weighted by molar-refractivity contribution is -0.147. The lowest BCUT2D eigenvalue weighted by Gasteiger charge is -2.04. The summed E-state index contributed by atoms with van der Waals surface area (Å²) < 4.78 is 13.1. The van der Waals surface area contributed by atoms with Gasteiger partial charge in [0.2, 0.25) is 0 Å². The largest absolute Gasteiger partial charge is 0.479 e. The van der Waals surface area contributed by atoms with Crippen molar-refractivity contribution in [3.8, 4) is 0 Å². The van der Waals surface area contributed by atoms with E-state index in [0.29, 0.717) is 0 Å². The van der Waals surface area contributed by atoms with Crippen molar-refractivity contribution in [1.29, 1.82) is 0 Å². The number of halogens is 2. The zero-order valence-electron chi connectivity index (χ0n) is 6.24. The van der Waals surface area contributed by atoms with Gasteiger partial charge in [-0.2, -0.15) is 0 Å². The summed E-state index contributed by atoms with van der Waals surface area (Å²) in [6.45, 7) is 0. The topological polar surface area (TPSA) is 70.4 Å². The van der Waals surface area contributed by atoms with Crippen LogP contribution in [0.5, 0.6) is 0 Å². The van der Waals surface area contributed by atoms with Gasteiger partial charge < -0.3 is 10.2 Å². The van der Waals surface area contributed by atoms with Crippen molar-refractivity contribution in [2.24, 2.45) is 0 Å². The molecule has 0 fully saturated rings. The molecule has 0 aliphatic heterocycles. The molecule has 2 N–H and O–H groups in total. The third kappa shape index (κ3) is 2.34. The van der Waals surface area contributed by atoms with E-state index in [1.807, 2.05) is 0 Å². The van der Waals surface area contributed by atoms with Gasteiger partial charge in [0.25, 0.3) is 0 Å². The van der Waals surface area contributed by atoms with Gasteiger partial charge >= 0.3 is 5.97 Å². The number of carboxylic acids is 1. The molecule has 6 heteroatoms. The Morgan fingerprint density at radius 1 is 1.69 bits per heavy atom. The average molecular weight is 297 g/mol. The molecule has 0 spiro atoms. The second-order valence-electron chi connectivity index (χ2n) is 2.26. The summed E-state index contributed by atoms with van der Waals surface area (Å²) in [7, 11) is 0. The Morgan fingerprint density at radius 3 is 2.77 bits per heavy atom. The SMILES string of the molecule is O=C(O)C(O)c1cc(F)c(I)cn1. The van der Waals surface area contributed by atoms with E-state index in [2.05, 4.69) is 4.98 Å². The predicted molar refractivity (Wildman–Crippen MR) is 49.5 cm³/mol. The Labute approximate surface area is 86.6 Å². The van der Waals surface area contributed by atoms with Crippen LogP contribution in [0.1, 0.15) is 11.8 Å². The highest BCUT2D eigenvalue weighted by Crippen LogP contribution is 2.15. The molecule has 1 atom stereocenters. The Hall–Kier alpha value is -0.760. The van der Waals surface area contributed by atoms with Crippen molar-refractivity contribution in [2.45, 2.75) is 6.10 Å². The molecule has 70 valence electrons. The summed E-state index contributed by atoms with van der Waals surface area (Å²) in [5, 5.41) is 17.4. The molecule has 1 heterocycles. The molecule has 1 aromatic rings. The van der Waals surface area contributed by atoms with Crippen molar-refractivity contribution in [3.63, 3.8) is 0 Å². The molecule has 0 saturated carbocycles. The van der Waals surface area contributed by atoms with Crippen LogP contribution < -0.4 is 0 Å². The third-order valence-electron chi connectivity index (χ3n) is 1.34. The van der Waals surface area contributed by atoms with Crippen LogP contribution in [0.25, 0.3) is 0 Å². The molecule has 0 bridgehead atoms. The molecular formula is C7H5FINO3. The summed E-state index contributed by atoms with van der Waals surface area (Å²) in [6.07, 6.45) is -0.608. The van der Waals surface area contributed by atoms with E-state index in [4.69, 9.17) is 10.2 Å². The van der Waals surface area contributed by atoms with Crippen LogP contribution in [0.2, 0.25) is 0 Å². The van der Waals surface area contributed by atoms with Crippen molar-refractivity contribution < 1.29 is 19.4 Å². The number of pyridine rings is 1. The van der Waals surface area contributed by atoms with Crippen molar-refractivity contribution in [2.75, 3.05) is 0 Å².